The molecule has 0 saturated carbocycles. The highest BCUT2D eigenvalue weighted by molar-refractivity contribution is 8.00. The van der Waals surface area contributed by atoms with E-state index in [1.807, 2.05) is 30.3 Å². The van der Waals surface area contributed by atoms with E-state index in [9.17, 15) is 13.2 Å². The van der Waals surface area contributed by atoms with E-state index in [4.69, 9.17) is 0 Å². The van der Waals surface area contributed by atoms with Crippen LogP contribution in [0.4, 0.5) is 5.69 Å². The maximum Gasteiger partial charge on any atom is 0.243 e. The van der Waals surface area contributed by atoms with Crippen LogP contribution in [0.25, 0.3) is 0 Å². The summed E-state index contributed by atoms with van der Waals surface area (Å²) in [5, 5.41) is 3.02. The first-order chi connectivity index (χ1) is 13.0. The summed E-state index contributed by atoms with van der Waals surface area (Å²) in [4.78, 5) is 12.5. The molecule has 1 saturated heterocycles. The lowest BCUT2D eigenvalue weighted by Crippen LogP contribution is -2.28. The molecule has 2 aromatic carbocycles. The third-order valence-electron chi connectivity index (χ3n) is 4.55. The van der Waals surface area contributed by atoms with Crippen LogP contribution in [-0.4, -0.2) is 37.5 Å². The fourth-order valence-corrected chi connectivity index (χ4v) is 5.42. The molecule has 1 aliphatic rings. The number of hydrogen-bond acceptors (Lipinski definition) is 4. The molecule has 5 nitrogen and oxygen atoms in total. The minimum atomic E-state index is -3.48. The monoisotopic (exact) mass is 404 g/mol. The summed E-state index contributed by atoms with van der Waals surface area (Å²) in [6, 6.07) is 16.5. The van der Waals surface area contributed by atoms with E-state index < -0.39 is 10.0 Å². The number of nitrogens with one attached hydrogen (secondary N) is 1. The van der Waals surface area contributed by atoms with Crippen molar-refractivity contribution in [1.29, 1.82) is 0 Å². The number of rotatable bonds is 7. The topological polar surface area (TPSA) is 66.5 Å². The molecule has 1 heterocycles. The van der Waals surface area contributed by atoms with Gasteiger partial charge in [-0.15, -0.1) is 11.8 Å². The number of carbonyl (C=O) groups is 1. The average Bonchev–Trinajstić information content (AvgIpc) is 3.23. The van der Waals surface area contributed by atoms with Crippen molar-refractivity contribution in [1.82, 2.24) is 4.31 Å². The molecule has 0 bridgehead atoms. The van der Waals surface area contributed by atoms with Gasteiger partial charge in [-0.1, -0.05) is 36.4 Å². The van der Waals surface area contributed by atoms with E-state index in [1.54, 1.807) is 30.0 Å². The summed E-state index contributed by atoms with van der Waals surface area (Å²) in [5.41, 5.74) is 1.68. The van der Waals surface area contributed by atoms with Gasteiger partial charge in [-0.2, -0.15) is 4.31 Å². The van der Waals surface area contributed by atoms with Crippen LogP contribution in [0, 0.1) is 0 Å². The fourth-order valence-electron chi connectivity index (χ4n) is 3.03. The lowest BCUT2D eigenvalue weighted by molar-refractivity contribution is -0.113. The Morgan fingerprint density at radius 1 is 1.11 bits per heavy atom. The van der Waals surface area contributed by atoms with Gasteiger partial charge in [0.25, 0.3) is 0 Å². The number of amides is 1. The van der Waals surface area contributed by atoms with Crippen LogP contribution in [-0.2, 0) is 14.8 Å². The molecule has 0 aromatic heterocycles. The van der Waals surface area contributed by atoms with Gasteiger partial charge in [0.15, 0.2) is 0 Å². The normalized spacial score (nSPS) is 16.2. The summed E-state index contributed by atoms with van der Waals surface area (Å²) in [5.74, 6) is 0.164. The van der Waals surface area contributed by atoms with Gasteiger partial charge >= 0.3 is 0 Å². The molecule has 1 N–H and O–H groups in total. The molecule has 0 radical (unpaired) electrons. The number of benzene rings is 2. The van der Waals surface area contributed by atoms with Crippen LogP contribution in [0.2, 0.25) is 0 Å². The molecular weight excluding hydrogens is 380 g/mol. The van der Waals surface area contributed by atoms with Crippen LogP contribution in [0.15, 0.2) is 59.5 Å². The zero-order valence-corrected chi connectivity index (χ0v) is 16.9. The van der Waals surface area contributed by atoms with Crippen LogP contribution < -0.4 is 5.32 Å². The van der Waals surface area contributed by atoms with Gasteiger partial charge in [0.2, 0.25) is 15.9 Å². The van der Waals surface area contributed by atoms with Gasteiger partial charge in [0.1, 0.15) is 0 Å². The number of nitrogens with zero attached hydrogens (tertiary/aromatic N) is 1. The quantitative estimate of drug-likeness (QED) is 0.760. The fraction of sp³-hybridized carbons (Fsp3) is 0.350. The second-order valence-electron chi connectivity index (χ2n) is 6.55. The molecule has 7 heteroatoms. The van der Waals surface area contributed by atoms with Crippen molar-refractivity contribution >= 4 is 33.4 Å². The van der Waals surface area contributed by atoms with Gasteiger partial charge in [0, 0.05) is 24.0 Å². The van der Waals surface area contributed by atoms with E-state index >= 15 is 0 Å². The molecule has 2 aromatic rings. The summed E-state index contributed by atoms with van der Waals surface area (Å²) < 4.78 is 26.8. The zero-order chi connectivity index (χ0) is 19.3. The number of anilines is 1. The highest BCUT2D eigenvalue weighted by atomic mass is 32.2. The zero-order valence-electron chi connectivity index (χ0n) is 15.3. The predicted octanol–water partition coefficient (Wildman–Crippen LogP) is 3.90. The Bertz CT molecular complexity index is 879. The van der Waals surface area contributed by atoms with Crippen LogP contribution in [0.5, 0.6) is 0 Å². The minimum Gasteiger partial charge on any atom is -0.325 e. The molecule has 0 spiro atoms. The van der Waals surface area contributed by atoms with E-state index in [-0.39, 0.29) is 16.1 Å². The Kier molecular flexibility index (Phi) is 6.57. The number of sulfonamides is 1. The van der Waals surface area contributed by atoms with Crippen molar-refractivity contribution in [2.45, 2.75) is 29.9 Å². The van der Waals surface area contributed by atoms with Crippen molar-refractivity contribution in [3.63, 3.8) is 0 Å². The molecule has 144 valence electrons. The molecule has 1 aliphatic heterocycles. The largest absolute Gasteiger partial charge is 0.325 e. The van der Waals surface area contributed by atoms with Crippen molar-refractivity contribution < 1.29 is 13.2 Å². The second kappa shape index (κ2) is 8.91. The van der Waals surface area contributed by atoms with Crippen LogP contribution in [0.3, 0.4) is 0 Å². The van der Waals surface area contributed by atoms with Crippen molar-refractivity contribution in [2.75, 3.05) is 24.2 Å². The third kappa shape index (κ3) is 5.12. The second-order valence-corrected chi connectivity index (χ2v) is 9.82. The molecule has 3 rings (SSSR count). The van der Waals surface area contributed by atoms with E-state index in [0.717, 1.165) is 12.8 Å². The van der Waals surface area contributed by atoms with Gasteiger partial charge in [0.05, 0.1) is 10.6 Å². The first kappa shape index (κ1) is 19.9. The maximum atomic E-state index is 12.7. The molecule has 1 fully saturated rings. The predicted molar refractivity (Wildman–Crippen MR) is 110 cm³/mol. The summed E-state index contributed by atoms with van der Waals surface area (Å²) in [6.45, 7) is 3.19. The lowest BCUT2D eigenvalue weighted by Gasteiger charge is -2.16. The molecular formula is C20H24N2O3S2. The van der Waals surface area contributed by atoms with Crippen LogP contribution >= 0.6 is 11.8 Å². The number of carbonyl (C=O) groups excluding carboxylic acids is 1. The third-order valence-corrected chi connectivity index (χ3v) is 7.65. The summed E-state index contributed by atoms with van der Waals surface area (Å²) in [7, 11) is -3.48. The highest BCUT2D eigenvalue weighted by Crippen LogP contribution is 2.28. The van der Waals surface area contributed by atoms with Crippen molar-refractivity contribution in [3.8, 4) is 0 Å². The SMILES string of the molecule is C[C@@H](SCC(=O)Nc1cccc(S(=O)(=O)N2CCCC2)c1)c1ccccc1. The van der Waals surface area contributed by atoms with E-state index in [0.29, 0.717) is 24.5 Å². The van der Waals surface area contributed by atoms with Crippen molar-refractivity contribution in [3.05, 3.63) is 60.2 Å². The van der Waals surface area contributed by atoms with Gasteiger partial charge < -0.3 is 5.32 Å². The lowest BCUT2D eigenvalue weighted by atomic mass is 10.2. The minimum absolute atomic E-state index is 0.140. The smallest absolute Gasteiger partial charge is 0.243 e. The van der Waals surface area contributed by atoms with Gasteiger partial charge in [-0.05, 0) is 43.5 Å². The Balaban J connectivity index is 1.60. The molecule has 1 atom stereocenters. The van der Waals surface area contributed by atoms with Gasteiger partial charge in [-0.3, -0.25) is 4.79 Å². The van der Waals surface area contributed by atoms with Crippen LogP contribution in [0.1, 0.15) is 30.6 Å². The average molecular weight is 405 g/mol. The Labute approximate surface area is 165 Å². The van der Waals surface area contributed by atoms with E-state index in [1.165, 1.54) is 15.9 Å². The van der Waals surface area contributed by atoms with E-state index in [2.05, 4.69) is 12.2 Å². The molecule has 0 aliphatic carbocycles. The molecule has 0 unspecified atom stereocenters. The molecule has 1 amide bonds. The summed E-state index contributed by atoms with van der Waals surface area (Å²) >= 11 is 1.55. The Hall–Kier alpha value is -1.83. The number of hydrogen-bond donors (Lipinski definition) is 1. The molecule has 27 heavy (non-hydrogen) atoms. The highest BCUT2D eigenvalue weighted by Gasteiger charge is 2.27. The first-order valence-corrected chi connectivity index (χ1v) is 11.5. The van der Waals surface area contributed by atoms with Crippen molar-refractivity contribution in [2.24, 2.45) is 0 Å². The van der Waals surface area contributed by atoms with Gasteiger partial charge in [-0.25, -0.2) is 8.42 Å². The standard InChI is InChI=1S/C20H24N2O3S2/c1-16(17-8-3-2-4-9-17)26-15-20(23)21-18-10-7-11-19(14-18)27(24,25)22-12-5-6-13-22/h2-4,7-11,14,16H,5-6,12-13,15H2,1H3,(H,21,23)/t16-/m1/s1. The first-order valence-electron chi connectivity index (χ1n) is 9.03. The summed E-state index contributed by atoms with van der Waals surface area (Å²) in [6.07, 6.45) is 1.79. The Morgan fingerprint density at radius 3 is 2.52 bits per heavy atom. The number of thioether (sulfide) groups is 1. The Morgan fingerprint density at radius 2 is 1.81 bits per heavy atom. The maximum absolute atomic E-state index is 12.7.